The molecule has 7 heteroatoms. The van der Waals surface area contributed by atoms with Gasteiger partial charge >= 0.3 is 0 Å². The van der Waals surface area contributed by atoms with Crippen LogP contribution in [0.5, 0.6) is 0 Å². The monoisotopic (exact) mass is 408 g/mol. The number of anilines is 2. The fraction of sp³-hybridized carbons (Fsp3) is 0.565. The van der Waals surface area contributed by atoms with Crippen LogP contribution in [0.25, 0.3) is 0 Å². The molecule has 2 aliphatic rings. The van der Waals surface area contributed by atoms with E-state index in [1.54, 1.807) is 18.6 Å². The maximum atomic E-state index is 13.0. The SMILES string of the molecule is Cc1cc(Nc2cnccn2)cc(C2CCCN2CC(=O)N(C)C2CCCCC2)n1. The topological polar surface area (TPSA) is 74.2 Å². The Morgan fingerprint density at radius 2 is 2.00 bits per heavy atom. The number of carbonyl (C=O) groups excluding carboxylic acids is 1. The number of likely N-dealkylation sites (N-methyl/N-ethyl adjacent to an activating group) is 1. The molecule has 1 N–H and O–H groups in total. The van der Waals surface area contributed by atoms with Crippen LogP contribution in [-0.2, 0) is 4.79 Å². The average molecular weight is 409 g/mol. The summed E-state index contributed by atoms with van der Waals surface area (Å²) < 4.78 is 0. The molecule has 2 fully saturated rings. The number of hydrogen-bond acceptors (Lipinski definition) is 6. The van der Waals surface area contributed by atoms with E-state index in [9.17, 15) is 4.79 Å². The number of rotatable bonds is 6. The van der Waals surface area contributed by atoms with Crippen molar-refractivity contribution in [2.75, 3.05) is 25.5 Å². The standard InChI is InChI=1S/C23H32N6O/c1-17-13-18(27-22-15-24-10-11-25-22)14-20(26-17)21-9-6-12-29(21)16-23(30)28(2)19-7-4-3-5-8-19/h10-11,13-15,19,21H,3-9,12,16H2,1-2H3,(H,25,26,27). The summed E-state index contributed by atoms with van der Waals surface area (Å²) in [6.45, 7) is 3.42. The third-order valence-corrected chi connectivity index (χ3v) is 6.37. The molecule has 1 saturated heterocycles. The van der Waals surface area contributed by atoms with Crippen LogP contribution in [-0.4, -0.2) is 56.8 Å². The third kappa shape index (κ3) is 4.95. The molecule has 0 aromatic carbocycles. The molecular weight excluding hydrogens is 376 g/mol. The second kappa shape index (κ2) is 9.51. The van der Waals surface area contributed by atoms with Gasteiger partial charge in [0, 0.05) is 36.9 Å². The predicted octanol–water partition coefficient (Wildman–Crippen LogP) is 3.85. The number of hydrogen-bond donors (Lipinski definition) is 1. The molecule has 1 amide bonds. The molecule has 1 atom stereocenters. The van der Waals surface area contributed by atoms with Crippen molar-refractivity contribution >= 4 is 17.4 Å². The van der Waals surface area contributed by atoms with Gasteiger partial charge in [-0.1, -0.05) is 19.3 Å². The first-order valence-corrected chi connectivity index (χ1v) is 11.1. The fourth-order valence-corrected chi connectivity index (χ4v) is 4.76. The molecule has 1 unspecified atom stereocenters. The Balaban J connectivity index is 1.45. The molecule has 4 rings (SSSR count). The van der Waals surface area contributed by atoms with E-state index in [-0.39, 0.29) is 11.9 Å². The summed E-state index contributed by atoms with van der Waals surface area (Å²) in [5, 5.41) is 3.32. The van der Waals surface area contributed by atoms with E-state index in [1.807, 2.05) is 24.9 Å². The van der Waals surface area contributed by atoms with Crippen LogP contribution in [0.4, 0.5) is 11.5 Å². The van der Waals surface area contributed by atoms with Gasteiger partial charge in [0.05, 0.1) is 24.5 Å². The van der Waals surface area contributed by atoms with E-state index in [0.29, 0.717) is 18.4 Å². The first-order chi connectivity index (χ1) is 14.6. The van der Waals surface area contributed by atoms with Gasteiger partial charge in [0.15, 0.2) is 0 Å². The molecular formula is C23H32N6O. The van der Waals surface area contributed by atoms with Crippen LogP contribution in [0.1, 0.15) is 62.4 Å². The minimum absolute atomic E-state index is 0.177. The molecule has 7 nitrogen and oxygen atoms in total. The van der Waals surface area contributed by atoms with E-state index in [2.05, 4.69) is 26.3 Å². The first kappa shape index (κ1) is 20.7. The van der Waals surface area contributed by atoms with Crippen LogP contribution in [0.2, 0.25) is 0 Å². The number of aryl methyl sites for hydroxylation is 1. The van der Waals surface area contributed by atoms with Gasteiger partial charge < -0.3 is 10.2 Å². The van der Waals surface area contributed by atoms with Gasteiger partial charge in [-0.3, -0.25) is 19.7 Å². The highest BCUT2D eigenvalue weighted by Gasteiger charge is 2.31. The lowest BCUT2D eigenvalue weighted by Crippen LogP contribution is -2.44. The maximum absolute atomic E-state index is 13.0. The minimum Gasteiger partial charge on any atom is -0.342 e. The Kier molecular flexibility index (Phi) is 6.57. The number of pyridine rings is 1. The van der Waals surface area contributed by atoms with Gasteiger partial charge in [-0.15, -0.1) is 0 Å². The summed E-state index contributed by atoms with van der Waals surface area (Å²) in [6, 6.07) is 4.68. The number of nitrogens with one attached hydrogen (secondary N) is 1. The molecule has 1 aliphatic carbocycles. The fourth-order valence-electron chi connectivity index (χ4n) is 4.76. The quantitative estimate of drug-likeness (QED) is 0.783. The number of carbonyl (C=O) groups is 1. The van der Waals surface area contributed by atoms with Crippen LogP contribution >= 0.6 is 0 Å². The van der Waals surface area contributed by atoms with Gasteiger partial charge in [0.1, 0.15) is 5.82 Å². The Labute approximate surface area is 178 Å². The van der Waals surface area contributed by atoms with E-state index in [0.717, 1.165) is 49.3 Å². The molecule has 2 aromatic rings. The second-order valence-electron chi connectivity index (χ2n) is 8.56. The van der Waals surface area contributed by atoms with Gasteiger partial charge in [-0.2, -0.15) is 0 Å². The maximum Gasteiger partial charge on any atom is 0.236 e. The van der Waals surface area contributed by atoms with Crippen molar-refractivity contribution in [1.82, 2.24) is 24.8 Å². The van der Waals surface area contributed by atoms with Crippen molar-refractivity contribution in [3.63, 3.8) is 0 Å². The van der Waals surface area contributed by atoms with Crippen molar-refractivity contribution in [1.29, 1.82) is 0 Å². The molecule has 0 bridgehead atoms. The van der Waals surface area contributed by atoms with Crippen LogP contribution in [0, 0.1) is 6.92 Å². The van der Waals surface area contributed by atoms with Crippen molar-refractivity contribution in [2.24, 2.45) is 0 Å². The second-order valence-corrected chi connectivity index (χ2v) is 8.56. The summed E-state index contributed by atoms with van der Waals surface area (Å²) in [6.07, 6.45) is 13.2. The molecule has 0 spiro atoms. The number of aromatic nitrogens is 3. The number of amides is 1. The Bertz CT molecular complexity index is 852. The van der Waals surface area contributed by atoms with Gasteiger partial charge in [0.25, 0.3) is 0 Å². The van der Waals surface area contributed by atoms with Gasteiger partial charge in [0.2, 0.25) is 5.91 Å². The van der Waals surface area contributed by atoms with Crippen molar-refractivity contribution in [3.05, 3.63) is 42.1 Å². The number of likely N-dealkylation sites (tertiary alicyclic amines) is 1. The van der Waals surface area contributed by atoms with Crippen molar-refractivity contribution in [2.45, 2.75) is 64.0 Å². The number of nitrogens with zero attached hydrogens (tertiary/aromatic N) is 5. The Morgan fingerprint density at radius 1 is 1.17 bits per heavy atom. The normalized spacial score (nSPS) is 20.3. The lowest BCUT2D eigenvalue weighted by molar-refractivity contribution is -0.134. The van der Waals surface area contributed by atoms with Gasteiger partial charge in [-0.05, 0) is 51.3 Å². The zero-order valence-electron chi connectivity index (χ0n) is 18.0. The lowest BCUT2D eigenvalue weighted by Gasteiger charge is -2.33. The van der Waals surface area contributed by atoms with Crippen LogP contribution < -0.4 is 5.32 Å². The summed E-state index contributed by atoms with van der Waals surface area (Å²) in [7, 11) is 1.98. The lowest BCUT2D eigenvalue weighted by atomic mass is 9.94. The summed E-state index contributed by atoms with van der Waals surface area (Å²) in [5.74, 6) is 0.945. The summed E-state index contributed by atoms with van der Waals surface area (Å²) in [4.78, 5) is 30.5. The van der Waals surface area contributed by atoms with Gasteiger partial charge in [-0.25, -0.2) is 4.98 Å². The van der Waals surface area contributed by atoms with E-state index >= 15 is 0 Å². The Hall–Kier alpha value is -2.54. The smallest absolute Gasteiger partial charge is 0.236 e. The minimum atomic E-state index is 0.177. The van der Waals surface area contributed by atoms with Crippen molar-refractivity contribution < 1.29 is 4.79 Å². The molecule has 0 radical (unpaired) electrons. The first-order valence-electron chi connectivity index (χ1n) is 11.1. The highest BCUT2D eigenvalue weighted by atomic mass is 16.2. The molecule has 1 saturated carbocycles. The Morgan fingerprint density at radius 3 is 2.77 bits per heavy atom. The molecule has 30 heavy (non-hydrogen) atoms. The third-order valence-electron chi connectivity index (χ3n) is 6.37. The highest BCUT2D eigenvalue weighted by molar-refractivity contribution is 5.78. The average Bonchev–Trinajstić information content (AvgIpc) is 3.22. The zero-order chi connectivity index (χ0) is 20.9. The predicted molar refractivity (Wildman–Crippen MR) is 117 cm³/mol. The molecule has 2 aromatic heterocycles. The van der Waals surface area contributed by atoms with Crippen LogP contribution in [0.15, 0.2) is 30.7 Å². The molecule has 160 valence electrons. The molecule has 1 aliphatic heterocycles. The molecule has 3 heterocycles. The summed E-state index contributed by atoms with van der Waals surface area (Å²) >= 11 is 0. The van der Waals surface area contributed by atoms with Crippen molar-refractivity contribution in [3.8, 4) is 0 Å². The summed E-state index contributed by atoms with van der Waals surface area (Å²) in [5.41, 5.74) is 2.93. The van der Waals surface area contributed by atoms with E-state index < -0.39 is 0 Å². The van der Waals surface area contributed by atoms with Crippen LogP contribution in [0.3, 0.4) is 0 Å². The highest BCUT2D eigenvalue weighted by Crippen LogP contribution is 2.33. The van der Waals surface area contributed by atoms with E-state index in [1.165, 1.54) is 19.3 Å². The largest absolute Gasteiger partial charge is 0.342 e. The van der Waals surface area contributed by atoms with E-state index in [4.69, 9.17) is 4.98 Å². The zero-order valence-corrected chi connectivity index (χ0v) is 18.0.